The van der Waals surface area contributed by atoms with E-state index in [1.807, 2.05) is 36.4 Å². The summed E-state index contributed by atoms with van der Waals surface area (Å²) in [6.45, 7) is 2.01. The molecule has 0 aromatic heterocycles. The van der Waals surface area contributed by atoms with Crippen LogP contribution < -0.4 is 4.74 Å². The maximum atomic E-state index is 12.4. The summed E-state index contributed by atoms with van der Waals surface area (Å²) < 4.78 is 14.1. The molecule has 0 saturated heterocycles. The van der Waals surface area contributed by atoms with E-state index in [1.165, 1.54) is 12.1 Å². The third-order valence-corrected chi connectivity index (χ3v) is 7.38. The molecule has 0 aliphatic carbocycles. The first kappa shape index (κ1) is 24.8. The van der Waals surface area contributed by atoms with Crippen molar-refractivity contribution in [1.82, 2.24) is 0 Å². The van der Waals surface area contributed by atoms with Crippen molar-refractivity contribution in [3.05, 3.63) is 104 Å². The number of nitro groups is 1. The number of cyclic esters (lactones) is 1. The molecule has 0 radical (unpaired) electrons. The van der Waals surface area contributed by atoms with E-state index in [0.29, 0.717) is 17.7 Å². The zero-order valence-corrected chi connectivity index (χ0v) is 23.5. The molecule has 0 fully saturated rings. The number of nitro benzene ring substituents is 1. The summed E-state index contributed by atoms with van der Waals surface area (Å²) in [7, 11) is 0. The first-order valence-corrected chi connectivity index (χ1v) is 12.8. The Hall–Kier alpha value is -2.32. The molecule has 7 nitrogen and oxygen atoms in total. The van der Waals surface area contributed by atoms with Crippen LogP contribution in [0.2, 0.25) is 0 Å². The van der Waals surface area contributed by atoms with Crippen LogP contribution in [-0.2, 0) is 16.1 Å². The fourth-order valence-electron chi connectivity index (χ4n) is 3.30. The molecule has 0 saturated carbocycles. The van der Waals surface area contributed by atoms with Gasteiger partial charge in [-0.25, -0.2) is 9.79 Å². The lowest BCUT2D eigenvalue weighted by molar-refractivity contribution is -0.385. The maximum absolute atomic E-state index is 12.4. The molecule has 0 unspecified atom stereocenters. The minimum absolute atomic E-state index is 0.0511. The van der Waals surface area contributed by atoms with Crippen LogP contribution in [0.5, 0.6) is 5.75 Å². The average Bonchev–Trinajstić information content (AvgIpc) is 3.14. The van der Waals surface area contributed by atoms with Crippen LogP contribution >= 0.6 is 61.1 Å². The van der Waals surface area contributed by atoms with Crippen molar-refractivity contribution in [3.8, 4) is 5.75 Å². The maximum Gasteiger partial charge on any atom is 0.363 e. The van der Waals surface area contributed by atoms with Gasteiger partial charge in [-0.15, -0.1) is 0 Å². The van der Waals surface area contributed by atoms with Gasteiger partial charge >= 0.3 is 5.97 Å². The lowest BCUT2D eigenvalue weighted by Crippen LogP contribution is -2.08. The molecule has 34 heavy (non-hydrogen) atoms. The number of hydrogen-bond acceptors (Lipinski definition) is 6. The number of halogens is 3. The molecule has 0 N–H and O–H groups in total. The van der Waals surface area contributed by atoms with Crippen LogP contribution in [0.4, 0.5) is 5.69 Å². The van der Waals surface area contributed by atoms with Crippen LogP contribution in [0.15, 0.2) is 69.8 Å². The molecule has 0 atom stereocenters. The summed E-state index contributed by atoms with van der Waals surface area (Å²) in [6, 6.07) is 16.2. The van der Waals surface area contributed by atoms with E-state index in [-0.39, 0.29) is 17.3 Å². The molecule has 0 spiro atoms. The van der Waals surface area contributed by atoms with Gasteiger partial charge in [0.25, 0.3) is 5.69 Å². The zero-order chi connectivity index (χ0) is 24.4. The topological polar surface area (TPSA) is 91.0 Å². The van der Waals surface area contributed by atoms with Crippen LogP contribution in [0.1, 0.15) is 22.3 Å². The zero-order valence-electron chi connectivity index (χ0n) is 17.6. The number of aliphatic imine (C=N–C) groups is 1. The summed E-state index contributed by atoms with van der Waals surface area (Å²) in [5.74, 6) is 0.194. The lowest BCUT2D eigenvalue weighted by atomic mass is 10.1. The fourth-order valence-corrected chi connectivity index (χ4v) is 5.83. The van der Waals surface area contributed by atoms with E-state index in [2.05, 4.69) is 66.1 Å². The van der Waals surface area contributed by atoms with E-state index < -0.39 is 10.9 Å². The van der Waals surface area contributed by atoms with E-state index in [0.717, 1.165) is 28.5 Å². The summed E-state index contributed by atoms with van der Waals surface area (Å²) in [5, 5.41) is 11.2. The Morgan fingerprint density at radius 1 is 1.15 bits per heavy atom. The first-order chi connectivity index (χ1) is 16.2. The largest absolute Gasteiger partial charge is 0.487 e. The highest BCUT2D eigenvalue weighted by molar-refractivity contribution is 14.1. The van der Waals surface area contributed by atoms with E-state index in [1.54, 1.807) is 19.1 Å². The predicted octanol–water partition coefficient (Wildman–Crippen LogP) is 6.80. The minimum Gasteiger partial charge on any atom is -0.487 e. The van der Waals surface area contributed by atoms with Crippen molar-refractivity contribution < 1.29 is 19.2 Å². The smallest absolute Gasteiger partial charge is 0.363 e. The highest BCUT2D eigenvalue weighted by Gasteiger charge is 2.27. The standard InChI is InChI=1S/C24H15BrI2N2O5/c1-13-16(6-4-8-21(13)29(31)32)23-28-20(24(30)34-23)11-14-9-18(26)22(19(27)10-14)33-12-15-5-2-3-7-17(15)25/h2-11H,12H2,1H3/b20-11-. The normalized spacial score (nSPS) is 14.2. The van der Waals surface area contributed by atoms with Gasteiger partial charge in [-0.3, -0.25) is 10.1 Å². The average molecular weight is 745 g/mol. The predicted molar refractivity (Wildman–Crippen MR) is 149 cm³/mol. The molecule has 3 aromatic rings. The number of esters is 1. The Morgan fingerprint density at radius 2 is 1.85 bits per heavy atom. The Kier molecular flexibility index (Phi) is 7.67. The van der Waals surface area contributed by atoms with E-state index in [4.69, 9.17) is 9.47 Å². The third kappa shape index (κ3) is 5.33. The highest BCUT2D eigenvalue weighted by atomic mass is 127. The van der Waals surface area contributed by atoms with Gasteiger partial charge in [-0.1, -0.05) is 40.2 Å². The number of rotatable bonds is 6. The van der Waals surface area contributed by atoms with Crippen LogP contribution in [0.3, 0.4) is 0 Å². The molecule has 0 bridgehead atoms. The quantitative estimate of drug-likeness (QED) is 0.0912. The molecule has 3 aromatic carbocycles. The van der Waals surface area contributed by atoms with Gasteiger partial charge in [0.2, 0.25) is 5.90 Å². The monoisotopic (exact) mass is 744 g/mol. The number of ether oxygens (including phenoxy) is 2. The molecule has 0 amide bonds. The molecule has 4 rings (SSSR count). The van der Waals surface area contributed by atoms with Crippen molar-refractivity contribution in [2.24, 2.45) is 4.99 Å². The number of nitrogens with zero attached hydrogens (tertiary/aromatic N) is 2. The van der Waals surface area contributed by atoms with Gasteiger partial charge in [0.05, 0.1) is 12.1 Å². The Bertz CT molecular complexity index is 1360. The molecule has 172 valence electrons. The third-order valence-electron chi connectivity index (χ3n) is 5.01. The van der Waals surface area contributed by atoms with Gasteiger partial charge in [0.1, 0.15) is 12.4 Å². The lowest BCUT2D eigenvalue weighted by Gasteiger charge is -2.12. The second-order valence-electron chi connectivity index (χ2n) is 7.24. The van der Waals surface area contributed by atoms with Gasteiger partial charge in [0.15, 0.2) is 5.70 Å². The number of benzene rings is 3. The first-order valence-electron chi connectivity index (χ1n) is 9.87. The summed E-state index contributed by atoms with van der Waals surface area (Å²) in [6.07, 6.45) is 1.63. The SMILES string of the molecule is Cc1c(C2=N/C(=C\c3cc(I)c(OCc4ccccc4Br)c(I)c3)C(=O)O2)cccc1[N+](=O)[O-]. The molecular formula is C24H15BrI2N2O5. The Labute approximate surface area is 230 Å². The highest BCUT2D eigenvalue weighted by Crippen LogP contribution is 2.32. The van der Waals surface area contributed by atoms with Crippen molar-refractivity contribution in [2.45, 2.75) is 13.5 Å². The van der Waals surface area contributed by atoms with Crippen molar-refractivity contribution in [3.63, 3.8) is 0 Å². The molecule has 1 aliphatic heterocycles. The second-order valence-corrected chi connectivity index (χ2v) is 10.4. The Morgan fingerprint density at radius 3 is 2.53 bits per heavy atom. The van der Waals surface area contributed by atoms with Crippen LogP contribution in [0.25, 0.3) is 6.08 Å². The summed E-state index contributed by atoms with van der Waals surface area (Å²) in [4.78, 5) is 27.5. The van der Waals surface area contributed by atoms with Crippen molar-refractivity contribution in [2.75, 3.05) is 0 Å². The number of hydrogen-bond donors (Lipinski definition) is 0. The Balaban J connectivity index is 1.60. The van der Waals surface area contributed by atoms with Gasteiger partial charge < -0.3 is 9.47 Å². The molecule has 1 heterocycles. The molecule has 10 heteroatoms. The van der Waals surface area contributed by atoms with Gasteiger partial charge in [-0.2, -0.15) is 0 Å². The van der Waals surface area contributed by atoms with Crippen molar-refractivity contribution >= 4 is 84.7 Å². The van der Waals surface area contributed by atoms with Crippen LogP contribution in [0, 0.1) is 24.2 Å². The van der Waals surface area contributed by atoms with E-state index in [9.17, 15) is 14.9 Å². The second kappa shape index (κ2) is 10.5. The number of carbonyl (C=O) groups excluding carboxylic acids is 1. The van der Waals surface area contributed by atoms with Gasteiger partial charge in [0, 0.05) is 27.2 Å². The van der Waals surface area contributed by atoms with E-state index >= 15 is 0 Å². The summed E-state index contributed by atoms with van der Waals surface area (Å²) >= 11 is 7.92. The fraction of sp³-hybridized carbons (Fsp3) is 0.0833. The summed E-state index contributed by atoms with van der Waals surface area (Å²) in [5.41, 5.74) is 2.65. The molecule has 1 aliphatic rings. The van der Waals surface area contributed by atoms with Crippen LogP contribution in [-0.4, -0.2) is 16.8 Å². The minimum atomic E-state index is -0.611. The molecular weight excluding hydrogens is 730 g/mol. The number of carbonyl (C=O) groups is 1. The van der Waals surface area contributed by atoms with Gasteiger partial charge in [-0.05, 0) is 88.0 Å². The van der Waals surface area contributed by atoms with Crippen molar-refractivity contribution in [1.29, 1.82) is 0 Å².